The van der Waals surface area contributed by atoms with Crippen molar-refractivity contribution in [2.45, 2.75) is 26.6 Å². The number of piperazine rings is 1. The van der Waals surface area contributed by atoms with Crippen LogP contribution < -0.4 is 5.32 Å². The molecule has 3 rings (SSSR count). The van der Waals surface area contributed by atoms with E-state index in [2.05, 4.69) is 27.2 Å². The molecule has 0 bridgehead atoms. The summed E-state index contributed by atoms with van der Waals surface area (Å²) in [4.78, 5) is 9.46. The lowest BCUT2D eigenvalue weighted by molar-refractivity contribution is 0.169. The van der Waals surface area contributed by atoms with Gasteiger partial charge in [0.25, 0.3) is 0 Å². The van der Waals surface area contributed by atoms with Crippen LogP contribution in [-0.4, -0.2) is 58.7 Å². The van der Waals surface area contributed by atoms with E-state index >= 15 is 0 Å². The van der Waals surface area contributed by atoms with Crippen LogP contribution in [0.5, 0.6) is 0 Å². The molecule has 0 amide bonds. The second kappa shape index (κ2) is 9.35. The maximum absolute atomic E-state index is 9.48. The van der Waals surface area contributed by atoms with Gasteiger partial charge in [-0.1, -0.05) is 29.4 Å². The maximum Gasteiger partial charge on any atom is 0.194 e. The maximum atomic E-state index is 9.48. The molecule has 1 aliphatic rings. The number of aliphatic hydroxyl groups excluding tert-OH is 1. The summed E-state index contributed by atoms with van der Waals surface area (Å²) in [5.74, 6) is 0.932. The molecule has 1 aliphatic heterocycles. The van der Waals surface area contributed by atoms with Crippen LogP contribution in [0.4, 0.5) is 0 Å². The van der Waals surface area contributed by atoms with E-state index in [1.54, 1.807) is 6.26 Å². The van der Waals surface area contributed by atoms with Gasteiger partial charge in [0.2, 0.25) is 0 Å². The smallest absolute Gasteiger partial charge is 0.194 e. The molecule has 1 saturated heterocycles. The summed E-state index contributed by atoms with van der Waals surface area (Å²) in [7, 11) is 0. The van der Waals surface area contributed by atoms with Gasteiger partial charge in [0.1, 0.15) is 6.26 Å². The predicted octanol–water partition coefficient (Wildman–Crippen LogP) is 1.45. The lowest BCUT2D eigenvalue weighted by atomic mass is 10.1. The molecule has 0 radical (unpaired) electrons. The zero-order valence-electron chi connectivity index (χ0n) is 15.3. The highest BCUT2D eigenvalue weighted by molar-refractivity contribution is 5.80. The molecule has 0 atom stereocenters. The Morgan fingerprint density at radius 3 is 2.62 bits per heavy atom. The minimum Gasteiger partial charge on any atom is -0.392 e. The number of nitrogens with one attached hydrogen (secondary N) is 1. The summed E-state index contributed by atoms with van der Waals surface area (Å²) >= 11 is 0. The third-order valence-corrected chi connectivity index (χ3v) is 4.57. The molecule has 26 heavy (non-hydrogen) atoms. The minimum absolute atomic E-state index is 0.0446. The molecule has 1 aromatic heterocycles. The first-order valence-electron chi connectivity index (χ1n) is 9.12. The molecule has 0 saturated carbocycles. The highest BCUT2D eigenvalue weighted by Gasteiger charge is 2.20. The molecule has 140 valence electrons. The quantitative estimate of drug-likeness (QED) is 0.602. The van der Waals surface area contributed by atoms with Crippen molar-refractivity contribution in [3.05, 3.63) is 53.4 Å². The lowest BCUT2D eigenvalue weighted by Gasteiger charge is -2.36. The van der Waals surface area contributed by atoms with Gasteiger partial charge >= 0.3 is 0 Å². The Bertz CT molecular complexity index is 694. The molecule has 0 spiro atoms. The van der Waals surface area contributed by atoms with Gasteiger partial charge in [0.05, 0.1) is 18.8 Å². The normalized spacial score (nSPS) is 16.1. The summed E-state index contributed by atoms with van der Waals surface area (Å²) < 4.78 is 4.91. The minimum atomic E-state index is 0.0446. The van der Waals surface area contributed by atoms with Gasteiger partial charge in [0, 0.05) is 45.3 Å². The Kier molecular flexibility index (Phi) is 6.62. The molecule has 2 heterocycles. The van der Waals surface area contributed by atoms with E-state index in [0.717, 1.165) is 62.0 Å². The monoisotopic (exact) mass is 357 g/mol. The van der Waals surface area contributed by atoms with Gasteiger partial charge < -0.3 is 19.8 Å². The summed E-state index contributed by atoms with van der Waals surface area (Å²) in [6.45, 7) is 8.12. The fourth-order valence-electron chi connectivity index (χ4n) is 3.12. The van der Waals surface area contributed by atoms with Gasteiger partial charge in [-0.15, -0.1) is 0 Å². The number of aliphatic hydroxyl groups is 1. The van der Waals surface area contributed by atoms with Crippen molar-refractivity contribution >= 4 is 5.96 Å². The Hall–Kier alpha value is -2.38. The number of guanidine groups is 1. The van der Waals surface area contributed by atoms with Crippen molar-refractivity contribution < 1.29 is 9.63 Å². The van der Waals surface area contributed by atoms with E-state index < -0.39 is 0 Å². The first-order valence-corrected chi connectivity index (χ1v) is 9.12. The number of aliphatic imine (C=N–C) groups is 1. The van der Waals surface area contributed by atoms with Crippen molar-refractivity contribution in [1.82, 2.24) is 20.3 Å². The number of nitrogens with zero attached hydrogens (tertiary/aromatic N) is 4. The molecular formula is C19H27N5O2. The van der Waals surface area contributed by atoms with Crippen molar-refractivity contribution in [1.29, 1.82) is 0 Å². The van der Waals surface area contributed by atoms with Crippen LogP contribution >= 0.6 is 0 Å². The number of aromatic nitrogens is 1. The average Bonchev–Trinajstić information content (AvgIpc) is 3.19. The van der Waals surface area contributed by atoms with E-state index in [1.807, 2.05) is 30.3 Å². The van der Waals surface area contributed by atoms with E-state index in [-0.39, 0.29) is 6.61 Å². The van der Waals surface area contributed by atoms with Crippen molar-refractivity contribution in [3.8, 4) is 0 Å². The molecule has 1 aromatic carbocycles. The van der Waals surface area contributed by atoms with Crippen LogP contribution in [0.15, 0.2) is 46.1 Å². The van der Waals surface area contributed by atoms with Crippen LogP contribution in [0, 0.1) is 0 Å². The molecule has 0 unspecified atom stereocenters. The Labute approximate surface area is 154 Å². The van der Waals surface area contributed by atoms with Crippen LogP contribution in [0.3, 0.4) is 0 Å². The van der Waals surface area contributed by atoms with Gasteiger partial charge in [-0.2, -0.15) is 0 Å². The van der Waals surface area contributed by atoms with E-state index in [9.17, 15) is 5.11 Å². The largest absolute Gasteiger partial charge is 0.392 e. The van der Waals surface area contributed by atoms with Crippen molar-refractivity contribution in [2.24, 2.45) is 4.99 Å². The fraction of sp³-hybridized carbons (Fsp3) is 0.474. The van der Waals surface area contributed by atoms with E-state index in [0.29, 0.717) is 6.54 Å². The summed E-state index contributed by atoms with van der Waals surface area (Å²) in [6.07, 6.45) is 1.62. The topological polar surface area (TPSA) is 77.1 Å². The second-order valence-corrected chi connectivity index (χ2v) is 6.35. The SMILES string of the molecule is CCNC(=NCc1ccccc1CO)N1CCN(Cc2ccon2)CC1. The molecule has 0 aliphatic carbocycles. The number of hydrogen-bond acceptors (Lipinski definition) is 5. The third-order valence-electron chi connectivity index (χ3n) is 4.57. The van der Waals surface area contributed by atoms with Gasteiger partial charge in [-0.3, -0.25) is 4.90 Å². The Balaban J connectivity index is 1.59. The highest BCUT2D eigenvalue weighted by atomic mass is 16.5. The summed E-state index contributed by atoms with van der Waals surface area (Å²) in [6, 6.07) is 9.81. The van der Waals surface area contributed by atoms with E-state index in [4.69, 9.17) is 9.52 Å². The summed E-state index contributed by atoms with van der Waals surface area (Å²) in [5.41, 5.74) is 2.97. The molecule has 1 fully saturated rings. The van der Waals surface area contributed by atoms with Crippen LogP contribution in [0.25, 0.3) is 0 Å². The lowest BCUT2D eigenvalue weighted by Crippen LogP contribution is -2.52. The average molecular weight is 357 g/mol. The van der Waals surface area contributed by atoms with E-state index in [1.165, 1.54) is 0 Å². The summed E-state index contributed by atoms with van der Waals surface area (Å²) in [5, 5.41) is 16.9. The highest BCUT2D eigenvalue weighted by Crippen LogP contribution is 2.11. The van der Waals surface area contributed by atoms with Gasteiger partial charge in [-0.25, -0.2) is 4.99 Å². The first-order chi connectivity index (χ1) is 12.8. The third kappa shape index (κ3) is 4.83. The van der Waals surface area contributed by atoms with Crippen LogP contribution in [0.1, 0.15) is 23.7 Å². The fourth-order valence-corrected chi connectivity index (χ4v) is 3.12. The first kappa shape index (κ1) is 18.4. The number of benzene rings is 1. The molecule has 7 heteroatoms. The Morgan fingerprint density at radius 2 is 1.96 bits per heavy atom. The standard InChI is InChI=1S/C19H27N5O2/c1-2-20-19(21-13-16-5-3-4-6-17(16)15-25)24-10-8-23(9-11-24)14-18-7-12-26-22-18/h3-7,12,25H,2,8-11,13-15H2,1H3,(H,20,21). The predicted molar refractivity (Wildman–Crippen MR) is 101 cm³/mol. The zero-order valence-corrected chi connectivity index (χ0v) is 15.3. The zero-order chi connectivity index (χ0) is 18.2. The van der Waals surface area contributed by atoms with Crippen LogP contribution in [-0.2, 0) is 19.7 Å². The van der Waals surface area contributed by atoms with Crippen molar-refractivity contribution in [3.63, 3.8) is 0 Å². The van der Waals surface area contributed by atoms with Crippen molar-refractivity contribution in [2.75, 3.05) is 32.7 Å². The van der Waals surface area contributed by atoms with Gasteiger partial charge in [-0.05, 0) is 18.1 Å². The molecular weight excluding hydrogens is 330 g/mol. The molecule has 2 aromatic rings. The molecule has 2 N–H and O–H groups in total. The second-order valence-electron chi connectivity index (χ2n) is 6.35. The number of hydrogen-bond donors (Lipinski definition) is 2. The Morgan fingerprint density at radius 1 is 1.19 bits per heavy atom. The molecule has 7 nitrogen and oxygen atoms in total. The van der Waals surface area contributed by atoms with Gasteiger partial charge in [0.15, 0.2) is 5.96 Å². The number of rotatable bonds is 6. The van der Waals surface area contributed by atoms with Crippen LogP contribution in [0.2, 0.25) is 0 Å².